The zero-order valence-electron chi connectivity index (χ0n) is 11.4. The summed E-state index contributed by atoms with van der Waals surface area (Å²) in [6, 6.07) is 0. The molecule has 0 aromatic carbocycles. The third-order valence-electron chi connectivity index (χ3n) is 4.10. The molecule has 2 aromatic rings. The summed E-state index contributed by atoms with van der Waals surface area (Å²) in [7, 11) is 1.58. The molecule has 0 bridgehead atoms. The van der Waals surface area contributed by atoms with E-state index in [1.807, 2.05) is 0 Å². The highest BCUT2D eigenvalue weighted by atomic mass is 16.5. The van der Waals surface area contributed by atoms with E-state index >= 15 is 0 Å². The number of nitrogens with two attached hydrogens (primary N) is 1. The molecule has 102 valence electrons. The highest BCUT2D eigenvalue weighted by Crippen LogP contribution is 2.38. The van der Waals surface area contributed by atoms with Gasteiger partial charge >= 0.3 is 0 Å². The van der Waals surface area contributed by atoms with E-state index in [-0.39, 0.29) is 5.54 Å². The van der Waals surface area contributed by atoms with Crippen molar-refractivity contribution in [3.8, 4) is 5.88 Å². The monoisotopic (exact) mass is 261 g/mol. The van der Waals surface area contributed by atoms with Gasteiger partial charge in [0.15, 0.2) is 11.2 Å². The molecule has 2 N–H and O–H groups in total. The Kier molecular flexibility index (Phi) is 2.80. The second-order valence-electron chi connectivity index (χ2n) is 5.42. The van der Waals surface area contributed by atoms with Crippen LogP contribution in [0.4, 0.5) is 5.95 Å². The van der Waals surface area contributed by atoms with Crippen molar-refractivity contribution in [1.29, 1.82) is 0 Å². The van der Waals surface area contributed by atoms with E-state index in [1.54, 1.807) is 7.11 Å². The maximum Gasteiger partial charge on any atom is 0.245 e. The predicted molar refractivity (Wildman–Crippen MR) is 73.0 cm³/mol. The quantitative estimate of drug-likeness (QED) is 0.895. The Morgan fingerprint density at radius 3 is 2.68 bits per heavy atom. The van der Waals surface area contributed by atoms with Gasteiger partial charge in [-0.2, -0.15) is 4.98 Å². The number of anilines is 1. The molecule has 0 spiro atoms. The predicted octanol–water partition coefficient (Wildman–Crippen LogP) is 2.10. The number of nitrogens with zero attached hydrogens (tertiary/aromatic N) is 4. The lowest BCUT2D eigenvalue weighted by Gasteiger charge is -2.35. The molecule has 6 nitrogen and oxygen atoms in total. The number of hydrogen-bond acceptors (Lipinski definition) is 5. The van der Waals surface area contributed by atoms with Gasteiger partial charge in [0, 0.05) is 5.54 Å². The van der Waals surface area contributed by atoms with Crippen LogP contribution in [0.15, 0.2) is 6.33 Å². The first kappa shape index (κ1) is 12.2. The van der Waals surface area contributed by atoms with Crippen molar-refractivity contribution in [1.82, 2.24) is 19.5 Å². The lowest BCUT2D eigenvalue weighted by molar-refractivity contribution is 0.227. The molecule has 0 radical (unpaired) electrons. The second kappa shape index (κ2) is 4.36. The summed E-state index contributed by atoms with van der Waals surface area (Å²) in [6.07, 6.45) is 7.45. The van der Waals surface area contributed by atoms with Crippen LogP contribution in [-0.4, -0.2) is 26.6 Å². The van der Waals surface area contributed by atoms with E-state index in [0.29, 0.717) is 17.3 Å². The van der Waals surface area contributed by atoms with E-state index in [9.17, 15) is 0 Å². The van der Waals surface area contributed by atoms with Gasteiger partial charge in [0.2, 0.25) is 11.8 Å². The molecule has 1 aliphatic rings. The smallest absolute Gasteiger partial charge is 0.245 e. The van der Waals surface area contributed by atoms with Gasteiger partial charge in [0.05, 0.1) is 7.11 Å². The van der Waals surface area contributed by atoms with Gasteiger partial charge in [-0.1, -0.05) is 19.3 Å². The summed E-state index contributed by atoms with van der Waals surface area (Å²) >= 11 is 0. The molecule has 0 atom stereocenters. The van der Waals surface area contributed by atoms with Gasteiger partial charge in [-0.05, 0) is 19.8 Å². The molecule has 19 heavy (non-hydrogen) atoms. The Bertz CT molecular complexity index is 600. The fraction of sp³-hybridized carbons (Fsp3) is 0.615. The molecular formula is C13H19N5O. The Morgan fingerprint density at radius 2 is 2.00 bits per heavy atom. The van der Waals surface area contributed by atoms with Crippen molar-refractivity contribution in [2.45, 2.75) is 44.6 Å². The molecule has 0 saturated heterocycles. The van der Waals surface area contributed by atoms with Crippen LogP contribution in [0.3, 0.4) is 0 Å². The second-order valence-corrected chi connectivity index (χ2v) is 5.42. The number of methoxy groups -OCH3 is 1. The number of nitrogen functional groups attached to an aromatic ring is 1. The zero-order chi connectivity index (χ0) is 13.5. The minimum atomic E-state index is -0.00352. The van der Waals surface area contributed by atoms with Gasteiger partial charge in [-0.25, -0.2) is 9.97 Å². The Balaban J connectivity index is 2.20. The minimum Gasteiger partial charge on any atom is -0.479 e. The summed E-state index contributed by atoms with van der Waals surface area (Å²) in [6.45, 7) is 2.23. The molecule has 0 aliphatic heterocycles. The summed E-state index contributed by atoms with van der Waals surface area (Å²) in [5.41, 5.74) is 7.54. The first-order valence-electron chi connectivity index (χ1n) is 6.69. The van der Waals surface area contributed by atoms with Crippen molar-refractivity contribution in [3.05, 3.63) is 6.33 Å². The SMILES string of the molecule is COc1ncnc2c1nc(N)n2C1(C)CCCCC1. The number of imidazole rings is 1. The third-order valence-corrected chi connectivity index (χ3v) is 4.10. The van der Waals surface area contributed by atoms with Gasteiger partial charge in [0.25, 0.3) is 0 Å². The van der Waals surface area contributed by atoms with Crippen molar-refractivity contribution < 1.29 is 4.74 Å². The van der Waals surface area contributed by atoms with E-state index in [0.717, 1.165) is 18.5 Å². The fourth-order valence-electron chi connectivity index (χ4n) is 3.11. The molecule has 0 amide bonds. The molecule has 2 aromatic heterocycles. The highest BCUT2D eigenvalue weighted by molar-refractivity contribution is 5.79. The largest absolute Gasteiger partial charge is 0.479 e. The van der Waals surface area contributed by atoms with Crippen LogP contribution in [0, 0.1) is 0 Å². The Hall–Kier alpha value is -1.85. The number of ether oxygens (including phenoxy) is 1. The Morgan fingerprint density at radius 1 is 1.26 bits per heavy atom. The average Bonchev–Trinajstić information content (AvgIpc) is 2.76. The van der Waals surface area contributed by atoms with Crippen LogP contribution in [0.2, 0.25) is 0 Å². The zero-order valence-corrected chi connectivity index (χ0v) is 11.4. The van der Waals surface area contributed by atoms with Crippen molar-refractivity contribution in [2.24, 2.45) is 0 Å². The summed E-state index contributed by atoms with van der Waals surface area (Å²) < 4.78 is 7.29. The minimum absolute atomic E-state index is 0.00352. The third kappa shape index (κ3) is 1.82. The van der Waals surface area contributed by atoms with Crippen LogP contribution in [0.5, 0.6) is 5.88 Å². The van der Waals surface area contributed by atoms with Gasteiger partial charge < -0.3 is 10.5 Å². The van der Waals surface area contributed by atoms with Crippen LogP contribution in [0.25, 0.3) is 11.2 Å². The normalized spacial score (nSPS) is 18.6. The van der Waals surface area contributed by atoms with Crippen LogP contribution < -0.4 is 10.5 Å². The maximum absolute atomic E-state index is 6.12. The number of aromatic nitrogens is 4. The van der Waals surface area contributed by atoms with Crippen molar-refractivity contribution in [3.63, 3.8) is 0 Å². The summed E-state index contributed by atoms with van der Waals surface area (Å²) in [5.74, 6) is 0.980. The maximum atomic E-state index is 6.12. The topological polar surface area (TPSA) is 78.8 Å². The highest BCUT2D eigenvalue weighted by Gasteiger charge is 2.33. The van der Waals surface area contributed by atoms with E-state index < -0.39 is 0 Å². The van der Waals surface area contributed by atoms with Crippen LogP contribution in [0.1, 0.15) is 39.0 Å². The molecule has 0 unspecified atom stereocenters. The van der Waals surface area contributed by atoms with Crippen molar-refractivity contribution in [2.75, 3.05) is 12.8 Å². The Labute approximate surface area is 112 Å². The first-order valence-corrected chi connectivity index (χ1v) is 6.69. The van der Waals surface area contributed by atoms with Gasteiger partial charge in [0.1, 0.15) is 6.33 Å². The average molecular weight is 261 g/mol. The molecule has 1 saturated carbocycles. The molecule has 1 fully saturated rings. The van der Waals surface area contributed by atoms with E-state index in [1.165, 1.54) is 25.6 Å². The molecule has 3 rings (SSSR count). The molecule has 6 heteroatoms. The number of rotatable bonds is 2. The molecular weight excluding hydrogens is 242 g/mol. The van der Waals surface area contributed by atoms with Crippen LogP contribution >= 0.6 is 0 Å². The van der Waals surface area contributed by atoms with Crippen molar-refractivity contribution >= 4 is 17.1 Å². The molecule has 2 heterocycles. The van der Waals surface area contributed by atoms with E-state index in [4.69, 9.17) is 10.5 Å². The van der Waals surface area contributed by atoms with Gasteiger partial charge in [-0.15, -0.1) is 0 Å². The van der Waals surface area contributed by atoms with Gasteiger partial charge in [-0.3, -0.25) is 4.57 Å². The summed E-state index contributed by atoms with van der Waals surface area (Å²) in [5, 5.41) is 0. The summed E-state index contributed by atoms with van der Waals surface area (Å²) in [4.78, 5) is 12.8. The molecule has 1 aliphatic carbocycles. The first-order chi connectivity index (χ1) is 9.15. The number of fused-ring (bicyclic) bond motifs is 1. The van der Waals surface area contributed by atoms with Crippen LogP contribution in [-0.2, 0) is 5.54 Å². The lowest BCUT2D eigenvalue weighted by Crippen LogP contribution is -2.33. The fourth-order valence-corrected chi connectivity index (χ4v) is 3.11. The van der Waals surface area contributed by atoms with E-state index in [2.05, 4.69) is 26.4 Å². The number of hydrogen-bond donors (Lipinski definition) is 1. The lowest BCUT2D eigenvalue weighted by atomic mass is 9.83. The standard InChI is InChI=1S/C13H19N5O/c1-13(6-4-3-5-7-13)18-10-9(17-12(18)14)11(19-2)16-8-15-10/h8H,3-7H2,1-2H3,(H2,14,17).